The largest absolute Gasteiger partial charge is 0.481 e. The molecule has 1 aromatic carbocycles. The fourth-order valence-electron chi connectivity index (χ4n) is 3.76. The molecule has 0 saturated heterocycles. The zero-order chi connectivity index (χ0) is 20.7. The van der Waals surface area contributed by atoms with E-state index in [2.05, 4.69) is 15.0 Å². The van der Waals surface area contributed by atoms with Crippen LogP contribution in [0.3, 0.4) is 0 Å². The van der Waals surface area contributed by atoms with Gasteiger partial charge in [-0.1, -0.05) is 12.1 Å². The molecule has 1 unspecified atom stereocenters. The van der Waals surface area contributed by atoms with Gasteiger partial charge in [-0.2, -0.15) is 0 Å². The Labute approximate surface area is 167 Å². The normalized spacial score (nSPS) is 15.9. The number of aromatic nitrogens is 3. The third-order valence-corrected chi connectivity index (χ3v) is 5.15. The van der Waals surface area contributed by atoms with Crippen molar-refractivity contribution in [3.05, 3.63) is 64.7 Å². The molecule has 0 saturated carbocycles. The molecule has 3 heterocycles. The van der Waals surface area contributed by atoms with Crippen molar-refractivity contribution >= 4 is 11.9 Å². The van der Waals surface area contributed by atoms with Gasteiger partial charge in [0.05, 0.1) is 35.8 Å². The second-order valence-corrected chi connectivity index (χ2v) is 6.92. The first-order valence-electron chi connectivity index (χ1n) is 9.10. The first-order valence-corrected chi connectivity index (χ1v) is 9.10. The number of likely N-dealkylation sites (N-methyl/N-ethyl adjacent to an activating group) is 1. The third kappa shape index (κ3) is 3.26. The number of benzene rings is 1. The molecule has 2 aromatic heterocycles. The second kappa shape index (κ2) is 7.12. The summed E-state index contributed by atoms with van der Waals surface area (Å²) in [6.07, 6.45) is 0.438. The van der Waals surface area contributed by atoms with Crippen molar-refractivity contribution in [3.8, 4) is 17.1 Å². The molecule has 3 aromatic rings. The fourth-order valence-corrected chi connectivity index (χ4v) is 3.76. The smallest absolute Gasteiger partial charge is 0.257 e. The molecule has 0 bridgehead atoms. The van der Waals surface area contributed by atoms with Crippen molar-refractivity contribution < 1.29 is 13.9 Å². The van der Waals surface area contributed by atoms with Gasteiger partial charge in [0, 0.05) is 25.1 Å². The van der Waals surface area contributed by atoms with Crippen molar-refractivity contribution in [2.45, 2.75) is 19.4 Å². The Morgan fingerprint density at radius 2 is 2.00 bits per heavy atom. The van der Waals surface area contributed by atoms with E-state index in [1.165, 1.54) is 19.2 Å². The second-order valence-electron chi connectivity index (χ2n) is 6.92. The number of fused-ring (bicyclic) bond motifs is 1. The number of carbonyl (C=O) groups is 1. The molecule has 7 nitrogen and oxygen atoms in total. The molecule has 2 N–H and O–H groups in total. The summed E-state index contributed by atoms with van der Waals surface area (Å²) < 4.78 is 19.3. The number of nitrogens with zero attached hydrogens (tertiary/aromatic N) is 4. The number of rotatable bonds is 3. The molecule has 4 rings (SSSR count). The Morgan fingerprint density at radius 3 is 2.76 bits per heavy atom. The van der Waals surface area contributed by atoms with E-state index in [4.69, 9.17) is 10.5 Å². The summed E-state index contributed by atoms with van der Waals surface area (Å²) in [5.74, 6) is -0.0259. The lowest BCUT2D eigenvalue weighted by molar-refractivity contribution is 0.0701. The van der Waals surface area contributed by atoms with Gasteiger partial charge >= 0.3 is 0 Å². The summed E-state index contributed by atoms with van der Waals surface area (Å²) in [5, 5.41) is 0. The van der Waals surface area contributed by atoms with Crippen LogP contribution in [0.15, 0.2) is 36.4 Å². The van der Waals surface area contributed by atoms with E-state index < -0.39 is 0 Å². The van der Waals surface area contributed by atoms with Crippen molar-refractivity contribution in [2.24, 2.45) is 0 Å². The standard InChI is InChI=1S/C21H20FN5O2/c1-11-19-16(26-21(23)24-11)10-17(27(2)20(19)28)13-8-7-12(22)9-14(13)15-5-4-6-18(25-15)29-3/h4-9,17H,10H2,1-3H3,(H2,23,24,26). The van der Waals surface area contributed by atoms with Crippen LogP contribution < -0.4 is 10.5 Å². The van der Waals surface area contributed by atoms with Crippen LogP contribution in [0.5, 0.6) is 5.88 Å². The maximum Gasteiger partial charge on any atom is 0.257 e. The Balaban J connectivity index is 1.86. The van der Waals surface area contributed by atoms with Gasteiger partial charge in [-0.05, 0) is 30.7 Å². The van der Waals surface area contributed by atoms with Crippen molar-refractivity contribution in [3.63, 3.8) is 0 Å². The van der Waals surface area contributed by atoms with Gasteiger partial charge in [-0.3, -0.25) is 4.79 Å². The average Bonchev–Trinajstić information content (AvgIpc) is 2.70. The summed E-state index contributed by atoms with van der Waals surface area (Å²) in [6.45, 7) is 1.74. The molecule has 0 spiro atoms. The van der Waals surface area contributed by atoms with E-state index in [1.54, 1.807) is 43.1 Å². The Kier molecular flexibility index (Phi) is 4.62. The number of ether oxygens (including phenoxy) is 1. The lowest BCUT2D eigenvalue weighted by Crippen LogP contribution is -2.39. The van der Waals surface area contributed by atoms with Crippen molar-refractivity contribution in [1.82, 2.24) is 19.9 Å². The third-order valence-electron chi connectivity index (χ3n) is 5.15. The minimum atomic E-state index is -0.388. The number of halogens is 1. The number of amides is 1. The number of hydrogen-bond donors (Lipinski definition) is 1. The number of anilines is 1. The van der Waals surface area contributed by atoms with Gasteiger partial charge in [0.2, 0.25) is 11.8 Å². The molecular weight excluding hydrogens is 373 g/mol. The van der Waals surface area contributed by atoms with Crippen LogP contribution in [-0.4, -0.2) is 39.9 Å². The predicted molar refractivity (Wildman–Crippen MR) is 106 cm³/mol. The Bertz CT molecular complexity index is 1120. The van der Waals surface area contributed by atoms with E-state index in [0.29, 0.717) is 40.5 Å². The molecule has 0 radical (unpaired) electrons. The maximum absolute atomic E-state index is 14.1. The lowest BCUT2D eigenvalue weighted by Gasteiger charge is -2.35. The number of carbonyl (C=O) groups excluding carboxylic acids is 1. The van der Waals surface area contributed by atoms with Gasteiger partial charge in [0.15, 0.2) is 0 Å². The molecule has 29 heavy (non-hydrogen) atoms. The molecule has 1 aliphatic rings. The van der Waals surface area contributed by atoms with E-state index in [0.717, 1.165) is 5.56 Å². The van der Waals surface area contributed by atoms with Crippen LogP contribution in [0.4, 0.5) is 10.3 Å². The fraction of sp³-hybridized carbons (Fsp3) is 0.238. The zero-order valence-corrected chi connectivity index (χ0v) is 16.3. The number of pyridine rings is 1. The van der Waals surface area contributed by atoms with Crippen LogP contribution in [-0.2, 0) is 6.42 Å². The Hall–Kier alpha value is -3.55. The summed E-state index contributed by atoms with van der Waals surface area (Å²) in [6, 6.07) is 9.42. The lowest BCUT2D eigenvalue weighted by atomic mass is 9.89. The SMILES string of the molecule is COc1cccc(-c2cc(F)ccc2C2Cc3nc(N)nc(C)c3C(=O)N2C)n1. The molecule has 0 fully saturated rings. The van der Waals surface area contributed by atoms with Crippen LogP contribution >= 0.6 is 0 Å². The van der Waals surface area contributed by atoms with E-state index in [9.17, 15) is 9.18 Å². The van der Waals surface area contributed by atoms with E-state index >= 15 is 0 Å². The highest BCUT2D eigenvalue weighted by molar-refractivity contribution is 5.97. The summed E-state index contributed by atoms with van der Waals surface area (Å²) in [4.78, 5) is 27.5. The topological polar surface area (TPSA) is 94.2 Å². The summed E-state index contributed by atoms with van der Waals surface area (Å²) in [7, 11) is 3.24. The number of aryl methyl sites for hydroxylation is 1. The van der Waals surface area contributed by atoms with Crippen LogP contribution in [0, 0.1) is 12.7 Å². The first-order chi connectivity index (χ1) is 13.9. The zero-order valence-electron chi connectivity index (χ0n) is 16.3. The number of nitrogens with two attached hydrogens (primary N) is 1. The maximum atomic E-state index is 14.1. The molecule has 1 atom stereocenters. The van der Waals surface area contributed by atoms with Gasteiger partial charge in [0.1, 0.15) is 5.82 Å². The number of methoxy groups -OCH3 is 1. The van der Waals surface area contributed by atoms with Gasteiger partial charge in [-0.15, -0.1) is 0 Å². The average molecular weight is 393 g/mol. The monoisotopic (exact) mass is 393 g/mol. The van der Waals surface area contributed by atoms with Gasteiger partial charge in [0.25, 0.3) is 5.91 Å². The highest BCUT2D eigenvalue weighted by atomic mass is 19.1. The van der Waals surface area contributed by atoms with E-state index in [1.807, 2.05) is 0 Å². The number of hydrogen-bond acceptors (Lipinski definition) is 6. The molecular formula is C21H20FN5O2. The number of nitrogen functional groups attached to an aromatic ring is 1. The van der Waals surface area contributed by atoms with Gasteiger partial charge in [-0.25, -0.2) is 19.3 Å². The first kappa shape index (κ1) is 18.8. The highest BCUT2D eigenvalue weighted by Gasteiger charge is 2.35. The molecule has 1 aliphatic heterocycles. The highest BCUT2D eigenvalue weighted by Crippen LogP contribution is 2.37. The minimum absolute atomic E-state index is 0.131. The minimum Gasteiger partial charge on any atom is -0.481 e. The van der Waals surface area contributed by atoms with Gasteiger partial charge < -0.3 is 15.4 Å². The Morgan fingerprint density at radius 1 is 1.21 bits per heavy atom. The van der Waals surface area contributed by atoms with Crippen LogP contribution in [0.2, 0.25) is 0 Å². The summed E-state index contributed by atoms with van der Waals surface area (Å²) >= 11 is 0. The van der Waals surface area contributed by atoms with Crippen molar-refractivity contribution in [2.75, 3.05) is 19.9 Å². The predicted octanol–water partition coefficient (Wildman–Crippen LogP) is 2.95. The molecule has 0 aliphatic carbocycles. The summed E-state index contributed by atoms with van der Waals surface area (Å²) in [5.41, 5.74) is 9.34. The molecule has 1 amide bonds. The molecule has 8 heteroatoms. The van der Waals surface area contributed by atoms with Crippen LogP contribution in [0.25, 0.3) is 11.3 Å². The molecule has 148 valence electrons. The van der Waals surface area contributed by atoms with E-state index in [-0.39, 0.29) is 23.7 Å². The quantitative estimate of drug-likeness (QED) is 0.735. The van der Waals surface area contributed by atoms with Crippen molar-refractivity contribution in [1.29, 1.82) is 0 Å². The van der Waals surface area contributed by atoms with Crippen LogP contribution in [0.1, 0.15) is 33.4 Å².